The van der Waals surface area contributed by atoms with Gasteiger partial charge in [-0.15, -0.1) is 0 Å². The molecule has 0 spiro atoms. The zero-order chi connectivity index (χ0) is 23.9. The van der Waals surface area contributed by atoms with E-state index in [-0.39, 0.29) is 17.4 Å². The second kappa shape index (κ2) is 9.29. The summed E-state index contributed by atoms with van der Waals surface area (Å²) in [6.45, 7) is 5.29. The maximum atomic E-state index is 13.5. The lowest BCUT2D eigenvalue weighted by atomic mass is 9.96. The molecule has 0 amide bonds. The fourth-order valence-electron chi connectivity index (χ4n) is 3.59. The molecule has 6 nitrogen and oxygen atoms in total. The first-order valence-corrected chi connectivity index (χ1v) is 12.1. The first-order chi connectivity index (χ1) is 15.7. The highest BCUT2D eigenvalue weighted by molar-refractivity contribution is 9.10. The standard InChI is InChI=1S/C24H20BrClN2O4S/c1-12(2)32-23(31)20-13(3)27-24-28(21(20)15-5-7-16(26)8-6-15)22(30)19(33-24)11-14-4-9-18(29)17(25)10-14/h4-12,21,29H,1-3H3. The van der Waals surface area contributed by atoms with Crippen LogP contribution in [0, 0.1) is 0 Å². The molecule has 1 unspecified atom stereocenters. The van der Waals surface area contributed by atoms with Crippen molar-refractivity contribution in [1.29, 1.82) is 0 Å². The molecule has 1 aliphatic rings. The molecule has 3 aromatic rings. The Balaban J connectivity index is 1.94. The Hall–Kier alpha value is -2.68. The molecular weight excluding hydrogens is 528 g/mol. The highest BCUT2D eigenvalue weighted by Crippen LogP contribution is 2.31. The molecule has 0 fully saturated rings. The zero-order valence-corrected chi connectivity index (χ0v) is 21.2. The molecule has 0 bridgehead atoms. The van der Waals surface area contributed by atoms with Gasteiger partial charge in [-0.25, -0.2) is 9.79 Å². The number of rotatable bonds is 4. The van der Waals surface area contributed by atoms with Crippen molar-refractivity contribution < 1.29 is 14.6 Å². The summed E-state index contributed by atoms with van der Waals surface area (Å²) in [5.41, 5.74) is 2.01. The number of esters is 1. The molecule has 4 rings (SSSR count). The molecule has 0 aliphatic carbocycles. The summed E-state index contributed by atoms with van der Waals surface area (Å²) in [4.78, 5) is 31.6. The molecule has 0 saturated heterocycles. The molecule has 1 aliphatic heterocycles. The average molecular weight is 548 g/mol. The molecule has 9 heteroatoms. The van der Waals surface area contributed by atoms with E-state index in [2.05, 4.69) is 20.9 Å². The predicted octanol–water partition coefficient (Wildman–Crippen LogP) is 4.31. The van der Waals surface area contributed by atoms with Crippen molar-refractivity contribution in [2.75, 3.05) is 0 Å². The molecule has 2 aromatic carbocycles. The van der Waals surface area contributed by atoms with Crippen molar-refractivity contribution in [1.82, 2.24) is 4.57 Å². The SMILES string of the molecule is CC1=C(C(=O)OC(C)C)C(c2ccc(Cl)cc2)n2c(sc(=Cc3ccc(O)c(Br)c3)c2=O)=N1. The van der Waals surface area contributed by atoms with Crippen LogP contribution in [0.3, 0.4) is 0 Å². The van der Waals surface area contributed by atoms with E-state index in [4.69, 9.17) is 16.3 Å². The average Bonchev–Trinajstić information content (AvgIpc) is 3.04. The number of hydrogen-bond donors (Lipinski definition) is 1. The molecule has 170 valence electrons. The summed E-state index contributed by atoms with van der Waals surface area (Å²) in [6, 6.07) is 11.3. The Bertz CT molecular complexity index is 1460. The van der Waals surface area contributed by atoms with Crippen LogP contribution in [0.25, 0.3) is 6.08 Å². The number of allylic oxidation sites excluding steroid dienone is 1. The van der Waals surface area contributed by atoms with E-state index in [1.54, 1.807) is 69.3 Å². The van der Waals surface area contributed by atoms with Gasteiger partial charge in [0.1, 0.15) is 5.75 Å². The van der Waals surface area contributed by atoms with Crippen LogP contribution in [-0.2, 0) is 9.53 Å². The second-order valence-corrected chi connectivity index (χ2v) is 10.1. The number of halogens is 2. The van der Waals surface area contributed by atoms with E-state index < -0.39 is 12.0 Å². The molecular formula is C24H20BrClN2O4S. The molecule has 0 radical (unpaired) electrons. The summed E-state index contributed by atoms with van der Waals surface area (Å²) >= 11 is 10.6. The fraction of sp³-hybridized carbons (Fsp3) is 0.208. The van der Waals surface area contributed by atoms with Crippen LogP contribution in [0.1, 0.15) is 37.9 Å². The van der Waals surface area contributed by atoms with Gasteiger partial charge in [-0.05, 0) is 78.2 Å². The number of hydrogen-bond acceptors (Lipinski definition) is 6. The Labute approximate surface area is 207 Å². The van der Waals surface area contributed by atoms with Crippen molar-refractivity contribution in [3.63, 3.8) is 0 Å². The van der Waals surface area contributed by atoms with Gasteiger partial charge in [0, 0.05) is 5.02 Å². The first-order valence-electron chi connectivity index (χ1n) is 10.1. The Morgan fingerprint density at radius 3 is 2.61 bits per heavy atom. The van der Waals surface area contributed by atoms with Crippen LogP contribution < -0.4 is 14.9 Å². The number of carbonyl (C=O) groups excluding carboxylic acids is 1. The van der Waals surface area contributed by atoms with Gasteiger partial charge < -0.3 is 9.84 Å². The van der Waals surface area contributed by atoms with Gasteiger partial charge in [0.25, 0.3) is 5.56 Å². The van der Waals surface area contributed by atoms with Crippen LogP contribution >= 0.6 is 38.9 Å². The van der Waals surface area contributed by atoms with Crippen molar-refractivity contribution in [2.24, 2.45) is 4.99 Å². The number of phenols is 1. The number of nitrogens with zero attached hydrogens (tertiary/aromatic N) is 2. The van der Waals surface area contributed by atoms with Gasteiger partial charge >= 0.3 is 5.97 Å². The maximum absolute atomic E-state index is 13.5. The topological polar surface area (TPSA) is 80.9 Å². The second-order valence-electron chi connectivity index (χ2n) is 7.80. The number of phenolic OH excluding ortho intramolecular Hbond substituents is 1. The third-order valence-corrected chi connectivity index (χ3v) is 6.91. The molecule has 1 atom stereocenters. The minimum absolute atomic E-state index is 0.111. The number of ether oxygens (including phenoxy) is 1. The van der Waals surface area contributed by atoms with E-state index in [1.165, 1.54) is 15.9 Å². The molecule has 0 saturated carbocycles. The van der Waals surface area contributed by atoms with Crippen molar-refractivity contribution >= 4 is 50.9 Å². The molecule has 1 N–H and O–H groups in total. The van der Waals surface area contributed by atoms with Crippen LogP contribution in [-0.4, -0.2) is 21.7 Å². The zero-order valence-electron chi connectivity index (χ0n) is 18.0. The normalized spacial score (nSPS) is 16.1. The van der Waals surface area contributed by atoms with E-state index >= 15 is 0 Å². The monoisotopic (exact) mass is 546 g/mol. The van der Waals surface area contributed by atoms with Gasteiger partial charge in [-0.1, -0.05) is 41.1 Å². The van der Waals surface area contributed by atoms with E-state index in [1.807, 2.05) is 0 Å². The predicted molar refractivity (Wildman–Crippen MR) is 132 cm³/mol. The first kappa shape index (κ1) is 23.5. The third kappa shape index (κ3) is 4.69. The van der Waals surface area contributed by atoms with E-state index in [0.29, 0.717) is 30.1 Å². The largest absolute Gasteiger partial charge is 0.507 e. The number of benzene rings is 2. The third-order valence-electron chi connectivity index (χ3n) is 5.04. The van der Waals surface area contributed by atoms with Crippen molar-refractivity contribution in [3.05, 3.63) is 94.0 Å². The number of fused-ring (bicyclic) bond motifs is 1. The summed E-state index contributed by atoms with van der Waals surface area (Å²) in [5.74, 6) is -0.400. The van der Waals surface area contributed by atoms with Crippen LogP contribution in [0.2, 0.25) is 5.02 Å². The van der Waals surface area contributed by atoms with Gasteiger partial charge in [0.15, 0.2) is 4.80 Å². The number of aromatic hydroxyl groups is 1. The summed E-state index contributed by atoms with van der Waals surface area (Å²) in [7, 11) is 0. The van der Waals surface area contributed by atoms with Gasteiger partial charge in [-0.2, -0.15) is 0 Å². The number of thiazole rings is 1. The summed E-state index contributed by atoms with van der Waals surface area (Å²) < 4.78 is 7.99. The number of carbonyl (C=O) groups is 1. The van der Waals surface area contributed by atoms with Crippen LogP contribution in [0.15, 0.2) is 68.0 Å². The highest BCUT2D eigenvalue weighted by Gasteiger charge is 2.33. The minimum atomic E-state index is -0.696. The van der Waals surface area contributed by atoms with Crippen molar-refractivity contribution in [3.8, 4) is 5.75 Å². The van der Waals surface area contributed by atoms with Gasteiger partial charge in [0.05, 0.1) is 32.4 Å². The lowest BCUT2D eigenvalue weighted by Gasteiger charge is -2.25. The Morgan fingerprint density at radius 1 is 1.27 bits per heavy atom. The summed E-state index contributed by atoms with van der Waals surface area (Å²) in [5, 5.41) is 10.3. The highest BCUT2D eigenvalue weighted by atomic mass is 79.9. The number of aromatic nitrogens is 1. The van der Waals surface area contributed by atoms with Crippen LogP contribution in [0.5, 0.6) is 5.75 Å². The van der Waals surface area contributed by atoms with E-state index in [9.17, 15) is 14.7 Å². The maximum Gasteiger partial charge on any atom is 0.338 e. The Morgan fingerprint density at radius 2 is 1.97 bits per heavy atom. The van der Waals surface area contributed by atoms with Gasteiger partial charge in [0.2, 0.25) is 0 Å². The van der Waals surface area contributed by atoms with Crippen molar-refractivity contribution in [2.45, 2.75) is 32.9 Å². The summed E-state index contributed by atoms with van der Waals surface area (Å²) in [6.07, 6.45) is 1.42. The molecule has 33 heavy (non-hydrogen) atoms. The molecule has 1 aromatic heterocycles. The fourth-order valence-corrected chi connectivity index (χ4v) is 5.15. The van der Waals surface area contributed by atoms with Gasteiger partial charge in [-0.3, -0.25) is 9.36 Å². The van der Waals surface area contributed by atoms with E-state index in [0.717, 1.165) is 11.1 Å². The quantitative estimate of drug-likeness (QED) is 0.494. The minimum Gasteiger partial charge on any atom is -0.507 e. The molecule has 2 heterocycles. The smallest absolute Gasteiger partial charge is 0.338 e. The van der Waals surface area contributed by atoms with Crippen LogP contribution in [0.4, 0.5) is 0 Å². The lowest BCUT2D eigenvalue weighted by Crippen LogP contribution is -2.40. The lowest BCUT2D eigenvalue weighted by molar-refractivity contribution is -0.143. The Kier molecular flexibility index (Phi) is 6.61.